The van der Waals surface area contributed by atoms with Crippen LogP contribution in [0.25, 0.3) is 0 Å². The fraction of sp³-hybridized carbons (Fsp3) is 0.462. The molecule has 4 nitrogen and oxygen atoms in total. The molecule has 100 valence electrons. The minimum absolute atomic E-state index is 0.0259. The third kappa shape index (κ3) is 4.49. The molecule has 0 spiro atoms. The standard InChI is InChI=1S/C13H20N2O2S/c1-13(2,18-4)9-14-12(16)15-10-7-5-6-8-11(10)17-3/h5-8H,9H2,1-4H3,(H2,14,15,16). The fourth-order valence-electron chi connectivity index (χ4n) is 1.28. The number of carbonyl (C=O) groups excluding carboxylic acids is 1. The van der Waals surface area contributed by atoms with Crippen LogP contribution < -0.4 is 15.4 Å². The second-order valence-corrected chi connectivity index (χ2v) is 5.99. The van der Waals surface area contributed by atoms with E-state index in [-0.39, 0.29) is 10.8 Å². The van der Waals surface area contributed by atoms with Crippen molar-refractivity contribution in [3.8, 4) is 5.75 Å². The van der Waals surface area contributed by atoms with Crippen LogP contribution >= 0.6 is 11.8 Å². The number of ether oxygens (including phenoxy) is 1. The van der Waals surface area contributed by atoms with Gasteiger partial charge in [-0.05, 0) is 32.2 Å². The van der Waals surface area contributed by atoms with Crippen molar-refractivity contribution in [2.24, 2.45) is 0 Å². The van der Waals surface area contributed by atoms with Gasteiger partial charge in [-0.2, -0.15) is 11.8 Å². The zero-order chi connectivity index (χ0) is 13.6. The Bertz CT molecular complexity index is 408. The minimum atomic E-state index is -0.221. The van der Waals surface area contributed by atoms with Crippen molar-refractivity contribution in [1.29, 1.82) is 0 Å². The lowest BCUT2D eigenvalue weighted by atomic mass is 10.2. The second-order valence-electron chi connectivity index (χ2n) is 4.47. The third-order valence-electron chi connectivity index (χ3n) is 2.58. The summed E-state index contributed by atoms with van der Waals surface area (Å²) in [5.41, 5.74) is 0.666. The van der Waals surface area contributed by atoms with E-state index in [9.17, 15) is 4.79 Å². The van der Waals surface area contributed by atoms with Gasteiger partial charge in [0.2, 0.25) is 0 Å². The number of hydrogen-bond acceptors (Lipinski definition) is 3. The van der Waals surface area contributed by atoms with Crippen LogP contribution in [0.4, 0.5) is 10.5 Å². The molecule has 1 aromatic carbocycles. The highest BCUT2D eigenvalue weighted by atomic mass is 32.2. The summed E-state index contributed by atoms with van der Waals surface area (Å²) in [6.07, 6.45) is 2.03. The third-order valence-corrected chi connectivity index (χ3v) is 3.83. The highest BCUT2D eigenvalue weighted by molar-refractivity contribution is 7.99. The van der Waals surface area contributed by atoms with Gasteiger partial charge in [-0.3, -0.25) is 0 Å². The van der Waals surface area contributed by atoms with Gasteiger partial charge in [0, 0.05) is 11.3 Å². The molecule has 0 saturated carbocycles. The van der Waals surface area contributed by atoms with Gasteiger partial charge in [0.1, 0.15) is 5.75 Å². The second kappa shape index (κ2) is 6.54. The minimum Gasteiger partial charge on any atom is -0.495 e. The molecule has 0 atom stereocenters. The molecule has 2 N–H and O–H groups in total. The summed E-state index contributed by atoms with van der Waals surface area (Å²) in [4.78, 5) is 11.8. The number of rotatable bonds is 5. The lowest BCUT2D eigenvalue weighted by Gasteiger charge is -2.22. The number of methoxy groups -OCH3 is 1. The highest BCUT2D eigenvalue weighted by Gasteiger charge is 2.17. The number of thioether (sulfide) groups is 1. The molecular formula is C13H20N2O2S. The summed E-state index contributed by atoms with van der Waals surface area (Å²) < 4.78 is 5.19. The summed E-state index contributed by atoms with van der Waals surface area (Å²) in [6.45, 7) is 4.78. The van der Waals surface area contributed by atoms with Crippen molar-refractivity contribution < 1.29 is 9.53 Å². The smallest absolute Gasteiger partial charge is 0.319 e. The van der Waals surface area contributed by atoms with Gasteiger partial charge in [-0.25, -0.2) is 4.79 Å². The highest BCUT2D eigenvalue weighted by Crippen LogP contribution is 2.23. The van der Waals surface area contributed by atoms with Crippen LogP contribution in [0.15, 0.2) is 24.3 Å². The lowest BCUT2D eigenvalue weighted by Crippen LogP contribution is -2.38. The number of para-hydroxylation sites is 2. The first kappa shape index (κ1) is 14.7. The molecule has 18 heavy (non-hydrogen) atoms. The molecule has 0 aliphatic carbocycles. The predicted octanol–water partition coefficient (Wildman–Crippen LogP) is 2.96. The summed E-state index contributed by atoms with van der Waals surface area (Å²) in [7, 11) is 1.58. The van der Waals surface area contributed by atoms with Crippen LogP contribution in [0, 0.1) is 0 Å². The number of nitrogens with one attached hydrogen (secondary N) is 2. The van der Waals surface area contributed by atoms with E-state index in [2.05, 4.69) is 24.5 Å². The summed E-state index contributed by atoms with van der Waals surface area (Å²) in [6, 6.07) is 7.10. The molecule has 2 amide bonds. The molecule has 0 aliphatic heterocycles. The van der Waals surface area contributed by atoms with Crippen molar-refractivity contribution >= 4 is 23.5 Å². The number of benzene rings is 1. The van der Waals surface area contributed by atoms with Gasteiger partial charge in [0.15, 0.2) is 0 Å². The summed E-state index contributed by atoms with van der Waals surface area (Å²) >= 11 is 1.72. The van der Waals surface area contributed by atoms with Crippen LogP contribution in [0.5, 0.6) is 5.75 Å². The van der Waals surface area contributed by atoms with Crippen molar-refractivity contribution in [2.45, 2.75) is 18.6 Å². The normalized spacial score (nSPS) is 10.9. The zero-order valence-corrected chi connectivity index (χ0v) is 12.1. The molecule has 5 heteroatoms. The summed E-state index contributed by atoms with van der Waals surface area (Å²) in [5, 5.41) is 5.62. The van der Waals surface area contributed by atoms with E-state index in [4.69, 9.17) is 4.74 Å². The average molecular weight is 268 g/mol. The van der Waals surface area contributed by atoms with Crippen molar-refractivity contribution in [1.82, 2.24) is 5.32 Å². The summed E-state index contributed by atoms with van der Waals surface area (Å²) in [5.74, 6) is 0.650. The first-order chi connectivity index (χ1) is 8.48. The van der Waals surface area contributed by atoms with Gasteiger partial charge < -0.3 is 15.4 Å². The van der Waals surface area contributed by atoms with E-state index >= 15 is 0 Å². The Labute approximate surface area is 112 Å². The molecule has 0 radical (unpaired) electrons. The Morgan fingerprint density at radius 2 is 2.06 bits per heavy atom. The molecule has 1 rings (SSSR count). The molecule has 0 fully saturated rings. The fourth-order valence-corrected chi connectivity index (χ4v) is 1.50. The maximum Gasteiger partial charge on any atom is 0.319 e. The molecular weight excluding hydrogens is 248 g/mol. The van der Waals surface area contributed by atoms with E-state index in [0.717, 1.165) is 0 Å². The first-order valence-electron chi connectivity index (χ1n) is 5.71. The lowest BCUT2D eigenvalue weighted by molar-refractivity contribution is 0.251. The van der Waals surface area contributed by atoms with Gasteiger partial charge in [0.05, 0.1) is 12.8 Å². The molecule has 0 aromatic heterocycles. The monoisotopic (exact) mass is 268 g/mol. The maximum atomic E-state index is 11.8. The molecule has 0 aliphatic rings. The van der Waals surface area contributed by atoms with Gasteiger partial charge >= 0.3 is 6.03 Å². The SMILES string of the molecule is COc1ccccc1NC(=O)NCC(C)(C)SC. The van der Waals surface area contributed by atoms with E-state index < -0.39 is 0 Å². The van der Waals surface area contributed by atoms with Gasteiger partial charge in [0.25, 0.3) is 0 Å². The average Bonchev–Trinajstić information content (AvgIpc) is 2.37. The van der Waals surface area contributed by atoms with Crippen LogP contribution in [0.2, 0.25) is 0 Å². The topological polar surface area (TPSA) is 50.4 Å². The Morgan fingerprint density at radius 3 is 2.67 bits per heavy atom. The molecule has 0 heterocycles. The van der Waals surface area contributed by atoms with Crippen LogP contribution in [-0.2, 0) is 0 Å². The van der Waals surface area contributed by atoms with Crippen molar-refractivity contribution in [2.75, 3.05) is 25.2 Å². The van der Waals surface area contributed by atoms with Gasteiger partial charge in [-0.15, -0.1) is 0 Å². The Hall–Kier alpha value is -1.36. The van der Waals surface area contributed by atoms with Gasteiger partial charge in [-0.1, -0.05) is 12.1 Å². The number of anilines is 1. The Morgan fingerprint density at radius 1 is 1.39 bits per heavy atom. The van der Waals surface area contributed by atoms with E-state index in [1.54, 1.807) is 31.0 Å². The number of hydrogen-bond donors (Lipinski definition) is 2. The molecule has 0 bridgehead atoms. The van der Waals surface area contributed by atoms with Crippen LogP contribution in [0.3, 0.4) is 0 Å². The number of urea groups is 1. The molecule has 0 unspecified atom stereocenters. The predicted molar refractivity (Wildman–Crippen MR) is 77.6 cm³/mol. The van der Waals surface area contributed by atoms with E-state index in [1.807, 2.05) is 18.4 Å². The number of carbonyl (C=O) groups is 1. The Kier molecular flexibility index (Phi) is 5.34. The van der Waals surface area contributed by atoms with Crippen molar-refractivity contribution in [3.05, 3.63) is 24.3 Å². The van der Waals surface area contributed by atoms with Crippen LogP contribution in [-0.4, -0.2) is 30.7 Å². The number of amides is 2. The zero-order valence-electron chi connectivity index (χ0n) is 11.2. The first-order valence-corrected chi connectivity index (χ1v) is 6.94. The molecule has 1 aromatic rings. The molecule has 0 saturated heterocycles. The van der Waals surface area contributed by atoms with Crippen molar-refractivity contribution in [3.63, 3.8) is 0 Å². The Balaban J connectivity index is 2.55. The van der Waals surface area contributed by atoms with E-state index in [0.29, 0.717) is 18.0 Å². The maximum absolute atomic E-state index is 11.8. The van der Waals surface area contributed by atoms with E-state index in [1.165, 1.54) is 0 Å². The largest absolute Gasteiger partial charge is 0.495 e. The quantitative estimate of drug-likeness (QED) is 0.863. The van der Waals surface area contributed by atoms with Crippen LogP contribution in [0.1, 0.15) is 13.8 Å².